The summed E-state index contributed by atoms with van der Waals surface area (Å²) in [4.78, 5) is 7.17. The first-order valence-corrected chi connectivity index (χ1v) is 7.84. The smallest absolute Gasteiger partial charge is 0.127 e. The quantitative estimate of drug-likeness (QED) is 0.751. The molecule has 0 spiro atoms. The molecule has 1 aromatic heterocycles. The van der Waals surface area contributed by atoms with Crippen molar-refractivity contribution >= 4 is 22.6 Å². The molecular formula is C16H24ClN3. The SMILES string of the molecule is CCN(CC)CCn1c(C(C)Cl)nc2c(C)cccc21. The van der Waals surface area contributed by atoms with E-state index in [2.05, 4.69) is 48.4 Å². The number of nitrogens with zero attached hydrogens (tertiary/aromatic N) is 3. The molecule has 0 N–H and O–H groups in total. The summed E-state index contributed by atoms with van der Waals surface area (Å²) in [5, 5.41) is -0.0708. The van der Waals surface area contributed by atoms with Crippen molar-refractivity contribution in [3.63, 3.8) is 0 Å². The van der Waals surface area contributed by atoms with Crippen LogP contribution in [0.4, 0.5) is 0 Å². The Labute approximate surface area is 126 Å². The van der Waals surface area contributed by atoms with Crippen molar-refractivity contribution in [2.24, 2.45) is 0 Å². The van der Waals surface area contributed by atoms with Crippen LogP contribution in [0.3, 0.4) is 0 Å². The van der Waals surface area contributed by atoms with Gasteiger partial charge in [0.15, 0.2) is 0 Å². The van der Waals surface area contributed by atoms with Gasteiger partial charge < -0.3 is 9.47 Å². The molecule has 0 fully saturated rings. The number of hydrogen-bond donors (Lipinski definition) is 0. The molecule has 0 aliphatic carbocycles. The predicted octanol–water partition coefficient (Wildman–Crippen LogP) is 3.99. The van der Waals surface area contributed by atoms with E-state index in [0.29, 0.717) is 0 Å². The summed E-state index contributed by atoms with van der Waals surface area (Å²) in [5.41, 5.74) is 3.48. The molecule has 1 unspecified atom stereocenters. The van der Waals surface area contributed by atoms with Gasteiger partial charge in [-0.1, -0.05) is 26.0 Å². The van der Waals surface area contributed by atoms with E-state index in [1.54, 1.807) is 0 Å². The topological polar surface area (TPSA) is 21.1 Å². The molecule has 1 atom stereocenters. The number of aryl methyl sites for hydroxylation is 1. The van der Waals surface area contributed by atoms with Crippen molar-refractivity contribution in [2.45, 2.75) is 39.6 Å². The van der Waals surface area contributed by atoms with Crippen molar-refractivity contribution in [1.82, 2.24) is 14.5 Å². The van der Waals surface area contributed by atoms with Crippen LogP contribution in [0.2, 0.25) is 0 Å². The molecule has 0 radical (unpaired) electrons. The zero-order chi connectivity index (χ0) is 14.7. The Morgan fingerprint density at radius 1 is 1.30 bits per heavy atom. The lowest BCUT2D eigenvalue weighted by molar-refractivity contribution is 0.290. The lowest BCUT2D eigenvalue weighted by atomic mass is 10.2. The van der Waals surface area contributed by atoms with Gasteiger partial charge in [-0.2, -0.15) is 0 Å². The molecular weight excluding hydrogens is 270 g/mol. The molecule has 0 saturated carbocycles. The zero-order valence-electron chi connectivity index (χ0n) is 12.9. The molecule has 0 aliphatic heterocycles. The van der Waals surface area contributed by atoms with Gasteiger partial charge in [-0.25, -0.2) is 4.98 Å². The van der Waals surface area contributed by atoms with Crippen molar-refractivity contribution < 1.29 is 0 Å². The Morgan fingerprint density at radius 3 is 2.60 bits per heavy atom. The van der Waals surface area contributed by atoms with Gasteiger partial charge >= 0.3 is 0 Å². The molecule has 0 saturated heterocycles. The first kappa shape index (κ1) is 15.3. The molecule has 110 valence electrons. The van der Waals surface area contributed by atoms with E-state index >= 15 is 0 Å². The molecule has 0 aliphatic rings. The van der Waals surface area contributed by atoms with E-state index in [9.17, 15) is 0 Å². The Kier molecular flexibility index (Phi) is 5.06. The normalized spacial score (nSPS) is 13.3. The van der Waals surface area contributed by atoms with Crippen molar-refractivity contribution in [3.05, 3.63) is 29.6 Å². The Balaban J connectivity index is 2.39. The first-order chi connectivity index (χ1) is 9.58. The summed E-state index contributed by atoms with van der Waals surface area (Å²) in [6, 6.07) is 6.34. The predicted molar refractivity (Wildman–Crippen MR) is 86.5 cm³/mol. The number of imidazole rings is 1. The highest BCUT2D eigenvalue weighted by atomic mass is 35.5. The summed E-state index contributed by atoms with van der Waals surface area (Å²) in [7, 11) is 0. The first-order valence-electron chi connectivity index (χ1n) is 7.40. The van der Waals surface area contributed by atoms with Gasteiger partial charge in [0, 0.05) is 13.1 Å². The van der Waals surface area contributed by atoms with Gasteiger partial charge in [-0.05, 0) is 38.6 Å². The Bertz CT molecular complexity index is 570. The lowest BCUT2D eigenvalue weighted by Gasteiger charge is -2.19. The van der Waals surface area contributed by atoms with Crippen LogP contribution in [-0.2, 0) is 6.54 Å². The van der Waals surface area contributed by atoms with Crippen LogP contribution < -0.4 is 0 Å². The molecule has 4 heteroatoms. The largest absolute Gasteiger partial charge is 0.325 e. The molecule has 2 aromatic rings. The fourth-order valence-electron chi connectivity index (χ4n) is 2.62. The number of alkyl halides is 1. The summed E-state index contributed by atoms with van der Waals surface area (Å²) in [5.74, 6) is 0.975. The minimum absolute atomic E-state index is 0.0708. The molecule has 20 heavy (non-hydrogen) atoms. The number of likely N-dealkylation sites (N-methyl/N-ethyl adjacent to an activating group) is 1. The van der Waals surface area contributed by atoms with Crippen molar-refractivity contribution in [3.8, 4) is 0 Å². The minimum atomic E-state index is -0.0708. The lowest BCUT2D eigenvalue weighted by Crippen LogP contribution is -2.27. The average molecular weight is 294 g/mol. The Morgan fingerprint density at radius 2 is 2.00 bits per heavy atom. The van der Waals surface area contributed by atoms with Crippen LogP contribution in [0.1, 0.15) is 37.5 Å². The molecule has 1 aromatic carbocycles. The van der Waals surface area contributed by atoms with E-state index in [4.69, 9.17) is 16.6 Å². The summed E-state index contributed by atoms with van der Waals surface area (Å²) >= 11 is 6.32. The van der Waals surface area contributed by atoms with Gasteiger partial charge in [0.25, 0.3) is 0 Å². The molecule has 0 bridgehead atoms. The molecule has 0 amide bonds. The molecule has 2 rings (SSSR count). The maximum Gasteiger partial charge on any atom is 0.127 e. The number of para-hydroxylation sites is 1. The van der Waals surface area contributed by atoms with Crippen LogP contribution >= 0.6 is 11.6 Å². The number of hydrogen-bond acceptors (Lipinski definition) is 2. The zero-order valence-corrected chi connectivity index (χ0v) is 13.6. The highest BCUT2D eigenvalue weighted by Crippen LogP contribution is 2.26. The van der Waals surface area contributed by atoms with Crippen LogP contribution in [0.25, 0.3) is 11.0 Å². The number of aromatic nitrogens is 2. The summed E-state index contributed by atoms with van der Waals surface area (Å²) in [6.45, 7) is 12.6. The highest BCUT2D eigenvalue weighted by molar-refractivity contribution is 6.20. The van der Waals surface area contributed by atoms with Crippen LogP contribution in [0.5, 0.6) is 0 Å². The van der Waals surface area contributed by atoms with Gasteiger partial charge in [-0.3, -0.25) is 0 Å². The molecule has 1 heterocycles. The second kappa shape index (κ2) is 6.59. The minimum Gasteiger partial charge on any atom is -0.325 e. The number of rotatable bonds is 6. The third-order valence-electron chi connectivity index (χ3n) is 3.90. The summed E-state index contributed by atoms with van der Waals surface area (Å²) in [6.07, 6.45) is 0. The van der Waals surface area contributed by atoms with Crippen molar-refractivity contribution in [1.29, 1.82) is 0 Å². The van der Waals surface area contributed by atoms with Crippen LogP contribution in [0.15, 0.2) is 18.2 Å². The molecule has 3 nitrogen and oxygen atoms in total. The van der Waals surface area contributed by atoms with E-state index in [0.717, 1.165) is 37.5 Å². The van der Waals surface area contributed by atoms with Gasteiger partial charge in [-0.15, -0.1) is 11.6 Å². The fourth-order valence-corrected chi connectivity index (χ4v) is 2.79. The second-order valence-electron chi connectivity index (χ2n) is 5.21. The standard InChI is InChI=1S/C16H24ClN3/c1-5-19(6-2)10-11-20-14-9-7-8-12(3)15(14)18-16(20)13(4)17/h7-9,13H,5-6,10-11H2,1-4H3. The number of halogens is 1. The average Bonchev–Trinajstić information content (AvgIpc) is 2.80. The van der Waals surface area contributed by atoms with E-state index in [-0.39, 0.29) is 5.38 Å². The maximum atomic E-state index is 6.32. The van der Waals surface area contributed by atoms with E-state index in [1.807, 2.05) is 6.92 Å². The van der Waals surface area contributed by atoms with Crippen LogP contribution in [-0.4, -0.2) is 34.1 Å². The Hall–Kier alpha value is -1.06. The summed E-state index contributed by atoms with van der Waals surface area (Å²) < 4.78 is 2.28. The third-order valence-corrected chi connectivity index (χ3v) is 4.10. The number of fused-ring (bicyclic) bond motifs is 1. The van der Waals surface area contributed by atoms with Crippen LogP contribution in [0, 0.1) is 6.92 Å². The van der Waals surface area contributed by atoms with Gasteiger partial charge in [0.05, 0.1) is 16.4 Å². The van der Waals surface area contributed by atoms with E-state index in [1.165, 1.54) is 11.1 Å². The van der Waals surface area contributed by atoms with Crippen molar-refractivity contribution in [2.75, 3.05) is 19.6 Å². The van der Waals surface area contributed by atoms with Gasteiger partial charge in [0.1, 0.15) is 5.82 Å². The van der Waals surface area contributed by atoms with Gasteiger partial charge in [0.2, 0.25) is 0 Å². The fraction of sp³-hybridized carbons (Fsp3) is 0.562. The maximum absolute atomic E-state index is 6.32. The highest BCUT2D eigenvalue weighted by Gasteiger charge is 2.16. The number of benzene rings is 1. The monoisotopic (exact) mass is 293 g/mol. The third kappa shape index (κ3) is 2.99. The van der Waals surface area contributed by atoms with E-state index < -0.39 is 0 Å². The second-order valence-corrected chi connectivity index (χ2v) is 5.86.